The van der Waals surface area contributed by atoms with E-state index in [9.17, 15) is 4.39 Å². The summed E-state index contributed by atoms with van der Waals surface area (Å²) in [7, 11) is 0. The Balaban J connectivity index is 1.74. The van der Waals surface area contributed by atoms with Gasteiger partial charge in [-0.15, -0.1) is 11.3 Å². The number of hydrogen-bond acceptors (Lipinski definition) is 6. The zero-order valence-corrected chi connectivity index (χ0v) is 13.5. The average molecular weight is 337 g/mol. The summed E-state index contributed by atoms with van der Waals surface area (Å²) >= 11 is 1.57. The molecule has 4 rings (SSSR count). The first-order valence-electron chi connectivity index (χ1n) is 7.27. The number of hydrogen-bond donors (Lipinski definition) is 1. The second-order valence-corrected chi connectivity index (χ2v) is 6.38. The number of nitrogens with one attached hydrogen (secondary N) is 1. The minimum atomic E-state index is -0.470. The monoisotopic (exact) mass is 337 g/mol. The average Bonchev–Trinajstić information content (AvgIpc) is 2.96. The van der Waals surface area contributed by atoms with Crippen molar-refractivity contribution < 1.29 is 4.39 Å². The van der Waals surface area contributed by atoms with Crippen LogP contribution in [-0.2, 0) is 0 Å². The van der Waals surface area contributed by atoms with Crippen LogP contribution >= 0.6 is 11.3 Å². The van der Waals surface area contributed by atoms with Gasteiger partial charge in [-0.3, -0.25) is 0 Å². The molecule has 0 aliphatic carbocycles. The van der Waals surface area contributed by atoms with Crippen LogP contribution in [0, 0.1) is 12.7 Å². The maximum absolute atomic E-state index is 14.2. The predicted molar refractivity (Wildman–Crippen MR) is 92.9 cm³/mol. The Labute approximate surface area is 141 Å². The van der Waals surface area contributed by atoms with E-state index >= 15 is 0 Å². The predicted octanol–water partition coefficient (Wildman–Crippen LogP) is 4.34. The van der Waals surface area contributed by atoms with E-state index in [2.05, 4.69) is 25.3 Å². The van der Waals surface area contributed by atoms with E-state index in [1.807, 2.05) is 37.3 Å². The molecule has 118 valence electrons. The Hall–Kier alpha value is -2.93. The first-order valence-corrected chi connectivity index (χ1v) is 8.09. The maximum atomic E-state index is 14.2. The molecule has 1 N–H and O–H groups in total. The number of thiazole rings is 1. The smallest absolute Gasteiger partial charge is 0.229 e. The molecule has 0 unspecified atom stereocenters. The molecule has 0 atom stereocenters. The number of aromatic nitrogens is 4. The second-order valence-electron chi connectivity index (χ2n) is 5.15. The summed E-state index contributed by atoms with van der Waals surface area (Å²) in [5.74, 6) is 0.427. The van der Waals surface area contributed by atoms with Crippen molar-refractivity contribution in [1.29, 1.82) is 0 Å². The van der Waals surface area contributed by atoms with Crippen LogP contribution in [0.15, 0.2) is 48.8 Å². The van der Waals surface area contributed by atoms with Crippen molar-refractivity contribution >= 4 is 33.3 Å². The molecular weight excluding hydrogens is 325 g/mol. The Morgan fingerprint density at radius 3 is 2.83 bits per heavy atom. The van der Waals surface area contributed by atoms with Gasteiger partial charge in [-0.05, 0) is 31.2 Å². The molecule has 3 heterocycles. The largest absolute Gasteiger partial charge is 0.309 e. The second kappa shape index (κ2) is 5.93. The Kier molecular flexibility index (Phi) is 3.62. The standard InChI is InChI=1S/C17H12FN5S/c1-10-21-13-6-5-11(8-14(13)24-10)16-12(18)9-20-17(23-16)22-15-4-2-3-7-19-15/h2-9H,1H3,(H,19,20,22,23). The summed E-state index contributed by atoms with van der Waals surface area (Å²) in [5.41, 5.74) is 1.84. The number of anilines is 2. The van der Waals surface area contributed by atoms with Gasteiger partial charge in [-0.25, -0.2) is 24.3 Å². The minimum absolute atomic E-state index is 0.247. The summed E-state index contributed by atoms with van der Waals surface area (Å²) in [6.07, 6.45) is 2.82. The highest BCUT2D eigenvalue weighted by Crippen LogP contribution is 2.29. The third kappa shape index (κ3) is 2.81. The van der Waals surface area contributed by atoms with E-state index in [0.29, 0.717) is 17.3 Å². The maximum Gasteiger partial charge on any atom is 0.229 e. The van der Waals surface area contributed by atoms with Gasteiger partial charge in [-0.1, -0.05) is 12.1 Å². The zero-order valence-electron chi connectivity index (χ0n) is 12.7. The van der Waals surface area contributed by atoms with Crippen LogP contribution in [0.25, 0.3) is 21.5 Å². The van der Waals surface area contributed by atoms with Crippen molar-refractivity contribution in [3.8, 4) is 11.3 Å². The van der Waals surface area contributed by atoms with E-state index in [1.165, 1.54) is 0 Å². The molecule has 5 nitrogen and oxygen atoms in total. The summed E-state index contributed by atoms with van der Waals surface area (Å²) in [6.45, 7) is 1.95. The highest BCUT2D eigenvalue weighted by molar-refractivity contribution is 7.18. The zero-order chi connectivity index (χ0) is 16.5. The molecule has 0 saturated carbocycles. The van der Waals surface area contributed by atoms with Crippen molar-refractivity contribution in [2.75, 3.05) is 5.32 Å². The van der Waals surface area contributed by atoms with E-state index in [-0.39, 0.29) is 5.69 Å². The molecule has 3 aromatic heterocycles. The van der Waals surface area contributed by atoms with Gasteiger partial charge in [0.2, 0.25) is 5.95 Å². The highest BCUT2D eigenvalue weighted by Gasteiger charge is 2.12. The van der Waals surface area contributed by atoms with Crippen LogP contribution < -0.4 is 5.32 Å². The molecule has 0 aliphatic heterocycles. The normalized spacial score (nSPS) is 10.9. The van der Waals surface area contributed by atoms with Gasteiger partial charge in [0.15, 0.2) is 5.82 Å². The molecule has 0 amide bonds. The van der Waals surface area contributed by atoms with Crippen LogP contribution in [0.5, 0.6) is 0 Å². The van der Waals surface area contributed by atoms with Crippen LogP contribution in [0.3, 0.4) is 0 Å². The molecule has 1 aromatic carbocycles. The van der Waals surface area contributed by atoms with Crippen LogP contribution in [0.4, 0.5) is 16.2 Å². The molecular formula is C17H12FN5S. The fourth-order valence-corrected chi connectivity index (χ4v) is 3.23. The van der Waals surface area contributed by atoms with Crippen LogP contribution in [-0.4, -0.2) is 19.9 Å². The molecule has 4 aromatic rings. The van der Waals surface area contributed by atoms with Crippen molar-refractivity contribution in [2.24, 2.45) is 0 Å². The Morgan fingerprint density at radius 1 is 1.08 bits per heavy atom. The quantitative estimate of drug-likeness (QED) is 0.602. The van der Waals surface area contributed by atoms with E-state index in [4.69, 9.17) is 0 Å². The molecule has 7 heteroatoms. The van der Waals surface area contributed by atoms with Gasteiger partial charge in [0.1, 0.15) is 11.5 Å². The Bertz CT molecular complexity index is 1020. The SMILES string of the molecule is Cc1nc2ccc(-c3nc(Nc4ccccn4)ncc3F)cc2s1. The highest BCUT2D eigenvalue weighted by atomic mass is 32.1. The summed E-state index contributed by atoms with van der Waals surface area (Å²) in [6, 6.07) is 11.0. The van der Waals surface area contributed by atoms with Gasteiger partial charge in [-0.2, -0.15) is 0 Å². The van der Waals surface area contributed by atoms with Crippen molar-refractivity contribution in [2.45, 2.75) is 6.92 Å². The number of nitrogens with zero attached hydrogens (tertiary/aromatic N) is 4. The fourth-order valence-electron chi connectivity index (χ4n) is 2.37. The summed E-state index contributed by atoms with van der Waals surface area (Å²) < 4.78 is 15.2. The van der Waals surface area contributed by atoms with Crippen LogP contribution in [0.2, 0.25) is 0 Å². The summed E-state index contributed by atoms with van der Waals surface area (Å²) in [4.78, 5) is 16.8. The number of benzene rings is 1. The number of halogens is 1. The van der Waals surface area contributed by atoms with Crippen molar-refractivity contribution in [3.05, 3.63) is 59.6 Å². The third-order valence-electron chi connectivity index (χ3n) is 3.42. The molecule has 0 aliphatic rings. The van der Waals surface area contributed by atoms with Gasteiger partial charge in [0, 0.05) is 11.8 Å². The number of aryl methyl sites for hydroxylation is 1. The number of rotatable bonds is 3. The van der Waals surface area contributed by atoms with Crippen LogP contribution in [0.1, 0.15) is 5.01 Å². The van der Waals surface area contributed by atoms with Gasteiger partial charge in [0.05, 0.1) is 21.4 Å². The van der Waals surface area contributed by atoms with E-state index < -0.39 is 5.82 Å². The fraction of sp³-hybridized carbons (Fsp3) is 0.0588. The summed E-state index contributed by atoms with van der Waals surface area (Å²) in [5, 5.41) is 3.95. The molecule has 0 saturated heterocycles. The first-order chi connectivity index (χ1) is 11.7. The van der Waals surface area contributed by atoms with E-state index in [1.54, 1.807) is 23.6 Å². The topological polar surface area (TPSA) is 63.6 Å². The Morgan fingerprint density at radius 2 is 2.00 bits per heavy atom. The number of fused-ring (bicyclic) bond motifs is 1. The third-order valence-corrected chi connectivity index (χ3v) is 4.35. The molecule has 0 bridgehead atoms. The van der Waals surface area contributed by atoms with E-state index in [0.717, 1.165) is 21.4 Å². The number of pyridine rings is 1. The van der Waals surface area contributed by atoms with Crippen molar-refractivity contribution in [1.82, 2.24) is 19.9 Å². The first kappa shape index (κ1) is 14.6. The van der Waals surface area contributed by atoms with Gasteiger partial charge < -0.3 is 5.32 Å². The van der Waals surface area contributed by atoms with Gasteiger partial charge in [0.25, 0.3) is 0 Å². The molecule has 0 fully saturated rings. The lowest BCUT2D eigenvalue weighted by atomic mass is 10.1. The molecule has 0 spiro atoms. The lowest BCUT2D eigenvalue weighted by Crippen LogP contribution is -2.01. The minimum Gasteiger partial charge on any atom is -0.309 e. The molecule has 24 heavy (non-hydrogen) atoms. The van der Waals surface area contributed by atoms with Crippen molar-refractivity contribution in [3.63, 3.8) is 0 Å². The van der Waals surface area contributed by atoms with Gasteiger partial charge >= 0.3 is 0 Å². The lowest BCUT2D eigenvalue weighted by Gasteiger charge is -2.07. The lowest BCUT2D eigenvalue weighted by molar-refractivity contribution is 0.619. The molecule has 0 radical (unpaired) electrons.